The van der Waals surface area contributed by atoms with Crippen LogP contribution in [-0.4, -0.2) is 8.07 Å². The summed E-state index contributed by atoms with van der Waals surface area (Å²) in [6, 6.07) is 12.1. The Morgan fingerprint density at radius 1 is 1.24 bits per heavy atom. The van der Waals surface area contributed by atoms with E-state index in [4.69, 9.17) is 0 Å². The maximum Gasteiger partial charge on any atom is 0.0756 e. The molecule has 1 aliphatic carbocycles. The molecule has 2 rings (SSSR count). The van der Waals surface area contributed by atoms with Crippen LogP contribution in [0, 0.1) is 5.92 Å². The van der Waals surface area contributed by atoms with Crippen molar-refractivity contribution in [3.05, 3.63) is 59.8 Å². The second-order valence-corrected chi connectivity index (χ2v) is 10.3. The summed E-state index contributed by atoms with van der Waals surface area (Å²) < 4.78 is 0. The molecule has 0 bridgehead atoms. The molecular weight excluding hydrogens is 220 g/mol. The molecule has 17 heavy (non-hydrogen) atoms. The molecule has 1 heteroatoms. The molecule has 0 spiro atoms. The van der Waals surface area contributed by atoms with E-state index in [1.54, 1.807) is 0 Å². The Balaban J connectivity index is 1.96. The number of benzene rings is 1. The van der Waals surface area contributed by atoms with Gasteiger partial charge in [-0.25, -0.2) is 0 Å². The van der Waals surface area contributed by atoms with Crippen LogP contribution in [0.4, 0.5) is 0 Å². The summed E-state index contributed by atoms with van der Waals surface area (Å²) in [6.45, 7) is 4.91. The van der Waals surface area contributed by atoms with Crippen LogP contribution in [0.25, 0.3) is 0 Å². The van der Waals surface area contributed by atoms with Crippen LogP contribution in [0.3, 0.4) is 0 Å². The molecule has 1 aromatic carbocycles. The molecule has 0 heterocycles. The predicted molar refractivity (Wildman–Crippen MR) is 78.6 cm³/mol. The number of allylic oxidation sites excluding steroid dienone is 3. The van der Waals surface area contributed by atoms with E-state index >= 15 is 0 Å². The third kappa shape index (κ3) is 4.01. The normalized spacial score (nSPS) is 20.2. The van der Waals surface area contributed by atoms with E-state index in [0.717, 1.165) is 0 Å². The number of hydrogen-bond acceptors (Lipinski definition) is 0. The number of hydrogen-bond donors (Lipinski definition) is 0. The Morgan fingerprint density at radius 2 is 2.00 bits per heavy atom. The molecule has 0 aromatic heterocycles. The average molecular weight is 242 g/mol. The van der Waals surface area contributed by atoms with Gasteiger partial charge in [0, 0.05) is 0 Å². The monoisotopic (exact) mass is 242 g/mol. The van der Waals surface area contributed by atoms with Crippen LogP contribution < -0.4 is 0 Å². The van der Waals surface area contributed by atoms with E-state index < -0.39 is 8.07 Å². The lowest BCUT2D eigenvalue weighted by Gasteiger charge is -2.18. The average Bonchev–Trinajstić information content (AvgIpc) is 2.80. The predicted octanol–water partition coefficient (Wildman–Crippen LogP) is 4.54. The summed E-state index contributed by atoms with van der Waals surface area (Å²) >= 11 is 0. The third-order valence-corrected chi connectivity index (χ3v) is 5.76. The van der Waals surface area contributed by atoms with Crippen LogP contribution >= 0.6 is 0 Å². The fraction of sp³-hybridized carbons (Fsp3) is 0.375. The van der Waals surface area contributed by atoms with Crippen molar-refractivity contribution < 1.29 is 0 Å². The standard InChI is InChI=1S/C16H22Si/c1-17(2,13-12-15-8-6-7-9-15)14-16-10-4-3-5-11-16/h3-6,8,10-13,15H,7,9,14H2,1-2H3/b13-12+. The van der Waals surface area contributed by atoms with Crippen LogP contribution in [0.2, 0.25) is 13.1 Å². The highest BCUT2D eigenvalue weighted by Crippen LogP contribution is 2.20. The molecule has 1 aromatic rings. The molecule has 0 fully saturated rings. The molecule has 0 aliphatic heterocycles. The maximum atomic E-state index is 2.53. The van der Waals surface area contributed by atoms with E-state index in [1.807, 2.05) is 0 Å². The van der Waals surface area contributed by atoms with Gasteiger partial charge in [-0.1, -0.05) is 72.9 Å². The van der Waals surface area contributed by atoms with Gasteiger partial charge in [0.15, 0.2) is 0 Å². The van der Waals surface area contributed by atoms with Crippen LogP contribution in [-0.2, 0) is 6.04 Å². The molecule has 0 saturated heterocycles. The van der Waals surface area contributed by atoms with Gasteiger partial charge < -0.3 is 0 Å². The maximum absolute atomic E-state index is 2.53. The molecule has 0 amide bonds. The first-order valence-electron chi connectivity index (χ1n) is 6.56. The van der Waals surface area contributed by atoms with Crippen molar-refractivity contribution in [1.29, 1.82) is 0 Å². The molecule has 1 unspecified atom stereocenters. The largest absolute Gasteiger partial charge is 0.0977 e. The topological polar surface area (TPSA) is 0 Å². The fourth-order valence-corrected chi connectivity index (χ4v) is 4.56. The Kier molecular flexibility index (Phi) is 4.00. The summed E-state index contributed by atoms with van der Waals surface area (Å²) in [7, 11) is -1.23. The zero-order valence-corrected chi connectivity index (χ0v) is 11.9. The molecule has 1 aliphatic rings. The van der Waals surface area contributed by atoms with Crippen molar-refractivity contribution in [2.75, 3.05) is 0 Å². The highest BCUT2D eigenvalue weighted by molar-refractivity contribution is 6.81. The van der Waals surface area contributed by atoms with Crippen molar-refractivity contribution in [3.63, 3.8) is 0 Å². The minimum Gasteiger partial charge on any atom is -0.0977 e. The lowest BCUT2D eigenvalue weighted by atomic mass is 10.1. The summed E-state index contributed by atoms with van der Waals surface area (Å²) in [6.07, 6.45) is 9.67. The minimum atomic E-state index is -1.23. The van der Waals surface area contributed by atoms with Crippen molar-refractivity contribution in [1.82, 2.24) is 0 Å². The quantitative estimate of drug-likeness (QED) is 0.537. The molecule has 90 valence electrons. The highest BCUT2D eigenvalue weighted by Gasteiger charge is 2.18. The molecule has 0 saturated carbocycles. The van der Waals surface area contributed by atoms with Gasteiger partial charge in [0.05, 0.1) is 8.07 Å². The Labute approximate surface area is 106 Å². The van der Waals surface area contributed by atoms with Gasteiger partial charge in [-0.05, 0) is 24.8 Å². The highest BCUT2D eigenvalue weighted by atomic mass is 28.3. The van der Waals surface area contributed by atoms with Crippen LogP contribution in [0.1, 0.15) is 18.4 Å². The van der Waals surface area contributed by atoms with E-state index in [-0.39, 0.29) is 0 Å². The zero-order valence-electron chi connectivity index (χ0n) is 10.9. The van der Waals surface area contributed by atoms with Gasteiger partial charge in [0.25, 0.3) is 0 Å². The smallest absolute Gasteiger partial charge is 0.0756 e. The first-order chi connectivity index (χ1) is 8.16. The fourth-order valence-electron chi connectivity index (χ4n) is 2.38. The molecule has 0 nitrogen and oxygen atoms in total. The van der Waals surface area contributed by atoms with Crippen molar-refractivity contribution in [3.8, 4) is 0 Å². The second-order valence-electron chi connectivity index (χ2n) is 5.68. The van der Waals surface area contributed by atoms with Crippen molar-refractivity contribution >= 4 is 8.07 Å². The number of rotatable bonds is 4. The van der Waals surface area contributed by atoms with Gasteiger partial charge in [-0.15, -0.1) is 0 Å². The van der Waals surface area contributed by atoms with Crippen molar-refractivity contribution in [2.45, 2.75) is 32.0 Å². The molecule has 0 N–H and O–H groups in total. The van der Waals surface area contributed by atoms with Gasteiger partial charge in [-0.3, -0.25) is 0 Å². The van der Waals surface area contributed by atoms with E-state index in [2.05, 4.69) is 67.4 Å². The SMILES string of the molecule is C[Si](C)(/C=C/C1C=CCC1)Cc1ccccc1. The van der Waals surface area contributed by atoms with E-state index in [9.17, 15) is 0 Å². The van der Waals surface area contributed by atoms with E-state index in [1.165, 1.54) is 24.4 Å². The van der Waals surface area contributed by atoms with Gasteiger partial charge in [0.1, 0.15) is 0 Å². The summed E-state index contributed by atoms with van der Waals surface area (Å²) in [5.74, 6) is 0.706. The first-order valence-corrected chi connectivity index (χ1v) is 9.84. The Hall–Kier alpha value is -1.08. The lowest BCUT2D eigenvalue weighted by Crippen LogP contribution is -2.26. The summed E-state index contributed by atoms with van der Waals surface area (Å²) in [4.78, 5) is 0. The summed E-state index contributed by atoms with van der Waals surface area (Å²) in [5, 5.41) is 0. The molecular formula is C16H22Si. The van der Waals surface area contributed by atoms with Gasteiger partial charge in [0.2, 0.25) is 0 Å². The van der Waals surface area contributed by atoms with Gasteiger partial charge >= 0.3 is 0 Å². The second kappa shape index (κ2) is 5.50. The van der Waals surface area contributed by atoms with Gasteiger partial charge in [-0.2, -0.15) is 0 Å². The minimum absolute atomic E-state index is 0.706. The molecule has 0 radical (unpaired) electrons. The first kappa shape index (κ1) is 12.4. The molecule has 1 atom stereocenters. The third-order valence-electron chi connectivity index (χ3n) is 3.35. The Morgan fingerprint density at radius 3 is 2.65 bits per heavy atom. The van der Waals surface area contributed by atoms with Crippen LogP contribution in [0.5, 0.6) is 0 Å². The van der Waals surface area contributed by atoms with E-state index in [0.29, 0.717) is 5.92 Å². The lowest BCUT2D eigenvalue weighted by molar-refractivity contribution is 0.773. The Bertz CT molecular complexity index is 401. The van der Waals surface area contributed by atoms with Crippen molar-refractivity contribution in [2.24, 2.45) is 5.92 Å². The zero-order chi connectivity index (χ0) is 12.1. The van der Waals surface area contributed by atoms with Crippen LogP contribution in [0.15, 0.2) is 54.3 Å². The summed E-state index contributed by atoms with van der Waals surface area (Å²) in [5.41, 5.74) is 4.01.